The van der Waals surface area contributed by atoms with Crippen LogP contribution in [0.15, 0.2) is 30.3 Å². The van der Waals surface area contributed by atoms with E-state index in [2.05, 4.69) is 0 Å². The number of carbonyl (C=O) groups is 1. The molecular formula is C16H14ClFO2. The van der Waals surface area contributed by atoms with Crippen LogP contribution in [0.1, 0.15) is 28.4 Å². The highest BCUT2D eigenvalue weighted by Gasteiger charge is 2.16. The Hall–Kier alpha value is -1.87. The summed E-state index contributed by atoms with van der Waals surface area (Å²) < 4.78 is 19.5. The van der Waals surface area contributed by atoms with Gasteiger partial charge in [-0.1, -0.05) is 17.7 Å². The molecule has 0 saturated carbocycles. The first-order valence-electron chi connectivity index (χ1n) is 6.14. The minimum atomic E-state index is -0.584. The summed E-state index contributed by atoms with van der Waals surface area (Å²) >= 11 is 5.96. The number of hydrogen-bond acceptors (Lipinski definition) is 2. The number of ketones is 1. The van der Waals surface area contributed by atoms with E-state index in [4.69, 9.17) is 16.3 Å². The van der Waals surface area contributed by atoms with Crippen LogP contribution in [0.3, 0.4) is 0 Å². The number of benzene rings is 2. The monoisotopic (exact) mass is 292 g/mol. The molecule has 0 aliphatic rings. The van der Waals surface area contributed by atoms with E-state index < -0.39 is 5.82 Å². The number of halogens is 2. The first kappa shape index (κ1) is 14.5. The SMILES string of the molecule is CC(=O)c1c(F)cccc1Oc1c(C)cc(Cl)cc1C. The molecule has 2 rings (SSSR count). The predicted octanol–water partition coefficient (Wildman–Crippen LogP) is 5.09. The molecule has 0 spiro atoms. The fraction of sp³-hybridized carbons (Fsp3) is 0.188. The van der Waals surface area contributed by atoms with Crippen molar-refractivity contribution in [2.24, 2.45) is 0 Å². The first-order valence-corrected chi connectivity index (χ1v) is 6.52. The summed E-state index contributed by atoms with van der Waals surface area (Å²) in [4.78, 5) is 11.6. The van der Waals surface area contributed by atoms with Crippen molar-refractivity contribution in [3.8, 4) is 11.5 Å². The van der Waals surface area contributed by atoms with E-state index in [9.17, 15) is 9.18 Å². The molecule has 0 heterocycles. The van der Waals surface area contributed by atoms with Gasteiger partial charge in [0.25, 0.3) is 0 Å². The second-order valence-electron chi connectivity index (χ2n) is 4.64. The molecule has 0 saturated heterocycles. The molecule has 0 atom stereocenters. The van der Waals surface area contributed by atoms with Crippen molar-refractivity contribution < 1.29 is 13.9 Å². The number of ether oxygens (including phenoxy) is 1. The van der Waals surface area contributed by atoms with Gasteiger partial charge in [0.05, 0.1) is 5.56 Å². The highest BCUT2D eigenvalue weighted by atomic mass is 35.5. The number of Topliss-reactive ketones (excluding diaryl/α,β-unsaturated/α-hetero) is 1. The van der Waals surface area contributed by atoms with Crippen LogP contribution in [0.4, 0.5) is 4.39 Å². The van der Waals surface area contributed by atoms with Crippen LogP contribution < -0.4 is 4.74 Å². The molecule has 2 aromatic carbocycles. The van der Waals surface area contributed by atoms with E-state index >= 15 is 0 Å². The number of carbonyl (C=O) groups excluding carboxylic acids is 1. The van der Waals surface area contributed by atoms with Gasteiger partial charge in [-0.3, -0.25) is 4.79 Å². The Bertz CT molecular complexity index is 657. The minimum Gasteiger partial charge on any atom is -0.456 e. The normalized spacial score (nSPS) is 10.4. The molecule has 0 amide bonds. The Balaban J connectivity index is 2.51. The average molecular weight is 293 g/mol. The van der Waals surface area contributed by atoms with Crippen LogP contribution >= 0.6 is 11.6 Å². The van der Waals surface area contributed by atoms with Crippen LogP contribution in [0, 0.1) is 19.7 Å². The third-order valence-electron chi connectivity index (χ3n) is 2.96. The minimum absolute atomic E-state index is 0.0405. The Kier molecular flexibility index (Phi) is 4.09. The standard InChI is InChI=1S/C16H14ClFO2/c1-9-7-12(17)8-10(2)16(9)20-14-6-4-5-13(18)15(14)11(3)19/h4-8H,1-3H3. The quantitative estimate of drug-likeness (QED) is 0.736. The van der Waals surface area contributed by atoms with Gasteiger partial charge in [0, 0.05) is 5.02 Å². The number of rotatable bonds is 3. The Labute approximate surface area is 122 Å². The maximum atomic E-state index is 13.7. The van der Waals surface area contributed by atoms with Gasteiger partial charge in [-0.15, -0.1) is 0 Å². The lowest BCUT2D eigenvalue weighted by Gasteiger charge is -2.14. The summed E-state index contributed by atoms with van der Waals surface area (Å²) in [5.74, 6) is -0.157. The molecule has 0 aliphatic heterocycles. The molecule has 0 bridgehead atoms. The van der Waals surface area contributed by atoms with Gasteiger partial charge < -0.3 is 4.74 Å². The molecule has 104 valence electrons. The summed E-state index contributed by atoms with van der Waals surface area (Å²) in [6.45, 7) is 5.01. The average Bonchev–Trinajstić information content (AvgIpc) is 2.33. The molecule has 0 aromatic heterocycles. The van der Waals surface area contributed by atoms with E-state index in [0.29, 0.717) is 10.8 Å². The summed E-state index contributed by atoms with van der Waals surface area (Å²) in [7, 11) is 0. The van der Waals surface area contributed by atoms with Crippen molar-refractivity contribution in [3.05, 3.63) is 57.9 Å². The van der Waals surface area contributed by atoms with Crippen LogP contribution in [0.25, 0.3) is 0 Å². The molecule has 0 unspecified atom stereocenters. The maximum Gasteiger partial charge on any atom is 0.166 e. The molecule has 4 heteroatoms. The molecule has 20 heavy (non-hydrogen) atoms. The first-order chi connectivity index (χ1) is 9.40. The second kappa shape index (κ2) is 5.63. The van der Waals surface area contributed by atoms with Crippen LogP contribution in [-0.2, 0) is 0 Å². The smallest absolute Gasteiger partial charge is 0.166 e. The third-order valence-corrected chi connectivity index (χ3v) is 3.18. The highest BCUT2D eigenvalue weighted by molar-refractivity contribution is 6.30. The van der Waals surface area contributed by atoms with Gasteiger partial charge in [0.2, 0.25) is 0 Å². The highest BCUT2D eigenvalue weighted by Crippen LogP contribution is 2.33. The van der Waals surface area contributed by atoms with Gasteiger partial charge in [-0.2, -0.15) is 0 Å². The van der Waals surface area contributed by atoms with Crippen LogP contribution in [-0.4, -0.2) is 5.78 Å². The molecule has 0 aliphatic carbocycles. The Morgan fingerprint density at radius 2 is 1.80 bits per heavy atom. The van der Waals surface area contributed by atoms with E-state index in [0.717, 1.165) is 11.1 Å². The summed E-state index contributed by atoms with van der Waals surface area (Å²) in [5, 5.41) is 0.610. The van der Waals surface area contributed by atoms with Crippen LogP contribution in [0.2, 0.25) is 5.02 Å². The van der Waals surface area contributed by atoms with Crippen molar-refractivity contribution in [1.82, 2.24) is 0 Å². The maximum absolute atomic E-state index is 13.7. The van der Waals surface area contributed by atoms with E-state index in [1.54, 1.807) is 18.2 Å². The molecule has 0 N–H and O–H groups in total. The lowest BCUT2D eigenvalue weighted by Crippen LogP contribution is -2.02. The molecule has 2 aromatic rings. The number of hydrogen-bond donors (Lipinski definition) is 0. The van der Waals surface area contributed by atoms with Gasteiger partial charge in [-0.25, -0.2) is 4.39 Å². The Morgan fingerprint density at radius 1 is 1.20 bits per heavy atom. The van der Waals surface area contributed by atoms with Gasteiger partial charge >= 0.3 is 0 Å². The van der Waals surface area contributed by atoms with Crippen molar-refractivity contribution in [2.45, 2.75) is 20.8 Å². The van der Waals surface area contributed by atoms with Crippen molar-refractivity contribution in [1.29, 1.82) is 0 Å². The van der Waals surface area contributed by atoms with Gasteiger partial charge in [0.15, 0.2) is 5.78 Å². The fourth-order valence-corrected chi connectivity index (χ4v) is 2.43. The summed E-state index contributed by atoms with van der Waals surface area (Å²) in [5.41, 5.74) is 1.61. The largest absolute Gasteiger partial charge is 0.456 e. The van der Waals surface area contributed by atoms with E-state index in [1.165, 1.54) is 19.1 Å². The second-order valence-corrected chi connectivity index (χ2v) is 5.08. The zero-order chi connectivity index (χ0) is 14.9. The fourth-order valence-electron chi connectivity index (χ4n) is 2.10. The lowest BCUT2D eigenvalue weighted by molar-refractivity contribution is 0.101. The Morgan fingerprint density at radius 3 is 2.35 bits per heavy atom. The molecule has 0 fully saturated rings. The number of aryl methyl sites for hydroxylation is 2. The van der Waals surface area contributed by atoms with Crippen LogP contribution in [0.5, 0.6) is 11.5 Å². The topological polar surface area (TPSA) is 26.3 Å². The lowest BCUT2D eigenvalue weighted by atomic mass is 10.1. The van der Waals surface area contributed by atoms with Crippen molar-refractivity contribution in [3.63, 3.8) is 0 Å². The van der Waals surface area contributed by atoms with Gasteiger partial charge in [-0.05, 0) is 56.2 Å². The van der Waals surface area contributed by atoms with Gasteiger partial charge in [0.1, 0.15) is 17.3 Å². The zero-order valence-electron chi connectivity index (χ0n) is 11.5. The third kappa shape index (κ3) is 2.83. The zero-order valence-corrected chi connectivity index (χ0v) is 12.2. The van der Waals surface area contributed by atoms with E-state index in [-0.39, 0.29) is 17.1 Å². The van der Waals surface area contributed by atoms with E-state index in [1.807, 2.05) is 13.8 Å². The molecule has 0 radical (unpaired) electrons. The van der Waals surface area contributed by atoms with Crippen molar-refractivity contribution in [2.75, 3.05) is 0 Å². The summed E-state index contributed by atoms with van der Waals surface area (Å²) in [6.07, 6.45) is 0. The molecule has 2 nitrogen and oxygen atoms in total. The molecular weight excluding hydrogens is 279 g/mol. The predicted molar refractivity (Wildman–Crippen MR) is 77.4 cm³/mol. The summed E-state index contributed by atoms with van der Waals surface area (Å²) in [6, 6.07) is 7.85. The van der Waals surface area contributed by atoms with Crippen molar-refractivity contribution >= 4 is 17.4 Å².